The molecule has 2 aliphatic heterocycles. The minimum absolute atomic E-state index is 0.0237. The van der Waals surface area contributed by atoms with Gasteiger partial charge in [-0.2, -0.15) is 10.2 Å². The fraction of sp³-hybridized carbons (Fsp3) is 0.154. The molecule has 2 unspecified atom stereocenters. The molecule has 0 saturated heterocycles. The first-order chi connectivity index (χ1) is 8.70. The van der Waals surface area contributed by atoms with Crippen LogP contribution in [0, 0.1) is 0 Å². The Morgan fingerprint density at radius 2 is 2.06 bits per heavy atom. The highest BCUT2D eigenvalue weighted by Crippen LogP contribution is 2.30. The van der Waals surface area contributed by atoms with Gasteiger partial charge in [-0.1, -0.05) is 23.8 Å². The Morgan fingerprint density at radius 1 is 1.28 bits per heavy atom. The highest BCUT2D eigenvalue weighted by Gasteiger charge is 2.41. The largest absolute Gasteiger partial charge is 0.234 e. The topological polar surface area (TPSA) is 35.8 Å². The number of hydroxylamine groups is 1. The maximum atomic E-state index is 10.9. The lowest BCUT2D eigenvalue weighted by Crippen LogP contribution is -2.63. The molecule has 0 radical (unpaired) electrons. The van der Waals surface area contributed by atoms with Crippen molar-refractivity contribution in [2.45, 2.75) is 6.04 Å². The van der Waals surface area contributed by atoms with E-state index in [0.717, 1.165) is 5.69 Å². The maximum absolute atomic E-state index is 10.9. The molecule has 0 aromatic heterocycles. The van der Waals surface area contributed by atoms with Gasteiger partial charge in [0.2, 0.25) is 6.67 Å². The Hall–Kier alpha value is -1.62. The molecule has 1 N–H and O–H groups in total. The number of fused-ring (bicyclic) bond motifs is 1. The molecule has 2 aliphatic rings. The van der Waals surface area contributed by atoms with Gasteiger partial charge in [0, 0.05) is 23.4 Å². The van der Waals surface area contributed by atoms with Crippen LogP contribution in [0.5, 0.6) is 0 Å². The zero-order valence-corrected chi connectivity index (χ0v) is 10.4. The van der Waals surface area contributed by atoms with Crippen molar-refractivity contribution >= 4 is 23.5 Å². The lowest BCUT2D eigenvalue weighted by atomic mass is 10.2. The van der Waals surface area contributed by atoms with E-state index in [0.29, 0.717) is 5.02 Å². The van der Waals surface area contributed by atoms with Gasteiger partial charge in [-0.25, -0.2) is 4.99 Å². The number of rotatable bonds is 1. The van der Waals surface area contributed by atoms with Crippen molar-refractivity contribution in [2.75, 3.05) is 6.67 Å². The number of quaternary nitrogens is 1. The zero-order chi connectivity index (χ0) is 12.6. The number of halogens is 1. The average molecular weight is 263 g/mol. The van der Waals surface area contributed by atoms with E-state index in [1.54, 1.807) is 12.1 Å². The molecule has 0 fully saturated rings. The van der Waals surface area contributed by atoms with E-state index in [2.05, 4.69) is 4.99 Å². The highest BCUT2D eigenvalue weighted by atomic mass is 35.5. The van der Waals surface area contributed by atoms with Gasteiger partial charge in [0.15, 0.2) is 5.69 Å². The molecule has 1 aromatic carbocycles. The fourth-order valence-corrected chi connectivity index (χ4v) is 2.32. The number of hydrogen-bond donors (Lipinski definition) is 1. The third-order valence-electron chi connectivity index (χ3n) is 3.12. The Morgan fingerprint density at radius 3 is 2.83 bits per heavy atom. The van der Waals surface area contributed by atoms with Gasteiger partial charge in [0.25, 0.3) is 0 Å². The standard InChI is InChI=1S/C13H13ClN3O/c14-11-4-6-13(7-5-11)17(18)10-15-9-12-3-1-2-8-16(12)17/h1-9,12,18H,10H2/q+1. The monoisotopic (exact) mass is 262 g/mol. The summed E-state index contributed by atoms with van der Waals surface area (Å²) in [5, 5.41) is 13.3. The van der Waals surface area contributed by atoms with E-state index < -0.39 is 0 Å². The average Bonchev–Trinajstić information content (AvgIpc) is 2.40. The van der Waals surface area contributed by atoms with E-state index in [4.69, 9.17) is 11.6 Å². The number of nitrogens with zero attached hydrogens (tertiary/aromatic N) is 3. The van der Waals surface area contributed by atoms with Crippen LogP contribution in [0.4, 0.5) is 5.69 Å². The lowest BCUT2D eigenvalue weighted by molar-refractivity contribution is -0.215. The number of hydrogen-bond acceptors (Lipinski definition) is 3. The molecule has 0 aliphatic carbocycles. The van der Waals surface area contributed by atoms with Gasteiger partial charge in [0.1, 0.15) is 6.04 Å². The van der Waals surface area contributed by atoms with Crippen LogP contribution in [-0.4, -0.2) is 29.1 Å². The van der Waals surface area contributed by atoms with Gasteiger partial charge < -0.3 is 0 Å². The number of benzene rings is 1. The molecule has 18 heavy (non-hydrogen) atoms. The summed E-state index contributed by atoms with van der Waals surface area (Å²) < 4.78 is -0.362. The van der Waals surface area contributed by atoms with E-state index in [1.807, 2.05) is 47.8 Å². The molecule has 3 rings (SSSR count). The Bertz CT molecular complexity index is 538. The van der Waals surface area contributed by atoms with Crippen LogP contribution >= 0.6 is 11.6 Å². The van der Waals surface area contributed by atoms with Crippen LogP contribution in [0.3, 0.4) is 0 Å². The van der Waals surface area contributed by atoms with Crippen LogP contribution in [0.25, 0.3) is 0 Å². The smallest absolute Gasteiger partial charge is 0.231 e. The van der Waals surface area contributed by atoms with Gasteiger partial charge in [-0.15, -0.1) is 0 Å². The summed E-state index contributed by atoms with van der Waals surface area (Å²) in [6.07, 6.45) is 9.54. The van der Waals surface area contributed by atoms with E-state index in [1.165, 1.54) is 0 Å². The van der Waals surface area contributed by atoms with Crippen molar-refractivity contribution in [2.24, 2.45) is 4.99 Å². The van der Waals surface area contributed by atoms with Crippen LogP contribution in [0.15, 0.2) is 53.7 Å². The second kappa shape index (κ2) is 4.24. The van der Waals surface area contributed by atoms with E-state index in [9.17, 15) is 5.21 Å². The minimum atomic E-state index is -0.362. The molecular weight excluding hydrogens is 250 g/mol. The van der Waals surface area contributed by atoms with Crippen LogP contribution in [0.1, 0.15) is 0 Å². The molecule has 0 bridgehead atoms. The molecule has 92 valence electrons. The van der Waals surface area contributed by atoms with E-state index in [-0.39, 0.29) is 17.5 Å². The maximum Gasteiger partial charge on any atom is 0.231 e. The van der Waals surface area contributed by atoms with Crippen LogP contribution < -0.4 is 4.76 Å². The molecule has 5 heteroatoms. The quantitative estimate of drug-likeness (QED) is 0.790. The van der Waals surface area contributed by atoms with Crippen molar-refractivity contribution < 1.29 is 5.21 Å². The SMILES string of the molecule is O[N+]1(c2ccc(Cl)cc2)CN=CC2C=CC=CN21. The highest BCUT2D eigenvalue weighted by molar-refractivity contribution is 6.30. The minimum Gasteiger partial charge on any atom is -0.234 e. The predicted molar refractivity (Wildman–Crippen MR) is 72.3 cm³/mol. The van der Waals surface area contributed by atoms with Crippen LogP contribution in [-0.2, 0) is 0 Å². The summed E-state index contributed by atoms with van der Waals surface area (Å²) in [6.45, 7) is 0.260. The molecule has 2 atom stereocenters. The second-order valence-electron chi connectivity index (χ2n) is 4.28. The third-order valence-corrected chi connectivity index (χ3v) is 3.37. The van der Waals surface area contributed by atoms with Gasteiger partial charge in [-0.05, 0) is 23.0 Å². The van der Waals surface area contributed by atoms with Gasteiger partial charge >= 0.3 is 0 Å². The molecule has 0 saturated carbocycles. The molecule has 0 spiro atoms. The predicted octanol–water partition coefficient (Wildman–Crippen LogP) is 2.75. The molecular formula is C13H13ClN3O+. The van der Waals surface area contributed by atoms with Gasteiger partial charge in [-0.3, -0.25) is 0 Å². The summed E-state index contributed by atoms with van der Waals surface area (Å²) in [6, 6.07) is 7.14. The first-order valence-electron chi connectivity index (χ1n) is 5.71. The van der Waals surface area contributed by atoms with E-state index >= 15 is 0 Å². The van der Waals surface area contributed by atoms with Crippen molar-refractivity contribution in [3.05, 3.63) is 53.7 Å². The summed E-state index contributed by atoms with van der Waals surface area (Å²) in [5.74, 6) is 0. The van der Waals surface area contributed by atoms with Gasteiger partial charge in [0.05, 0.1) is 6.20 Å². The lowest BCUT2D eigenvalue weighted by Gasteiger charge is -2.42. The van der Waals surface area contributed by atoms with Crippen LogP contribution in [0.2, 0.25) is 5.02 Å². The molecule has 2 heterocycles. The van der Waals surface area contributed by atoms with Crippen molar-refractivity contribution in [1.82, 2.24) is 9.76 Å². The first kappa shape index (κ1) is 11.5. The second-order valence-corrected chi connectivity index (χ2v) is 4.71. The summed E-state index contributed by atoms with van der Waals surface area (Å²) in [4.78, 5) is 4.25. The molecule has 0 amide bonds. The van der Waals surface area contributed by atoms with Crippen molar-refractivity contribution in [1.29, 1.82) is 0 Å². The zero-order valence-electron chi connectivity index (χ0n) is 9.65. The first-order valence-corrected chi connectivity index (χ1v) is 6.09. The van der Waals surface area contributed by atoms with Crippen molar-refractivity contribution in [3.8, 4) is 0 Å². The summed E-state index contributed by atoms with van der Waals surface area (Å²) in [5.41, 5.74) is 0.737. The number of allylic oxidation sites excluding steroid dienone is 2. The Labute approximate surface area is 110 Å². The number of aliphatic imine (C=N–C) groups is 1. The third kappa shape index (κ3) is 1.75. The fourth-order valence-electron chi connectivity index (χ4n) is 2.19. The summed E-state index contributed by atoms with van der Waals surface area (Å²) in [7, 11) is 0. The molecule has 4 nitrogen and oxygen atoms in total. The molecule has 1 aromatic rings. The Kier molecular flexibility index (Phi) is 2.70. The summed E-state index contributed by atoms with van der Waals surface area (Å²) >= 11 is 5.88. The normalized spacial score (nSPS) is 29.4. The Balaban J connectivity index is 2.03. The van der Waals surface area contributed by atoms with Crippen molar-refractivity contribution in [3.63, 3.8) is 0 Å².